The van der Waals surface area contributed by atoms with E-state index in [0.29, 0.717) is 18.0 Å². The van der Waals surface area contributed by atoms with E-state index in [-0.39, 0.29) is 12.5 Å². The van der Waals surface area contributed by atoms with E-state index in [0.717, 1.165) is 16.9 Å². The smallest absolute Gasteiger partial charge is 0.262 e. The molecule has 102 valence electrons. The van der Waals surface area contributed by atoms with Gasteiger partial charge in [0, 0.05) is 0 Å². The monoisotopic (exact) mass is 269 g/mol. The Kier molecular flexibility index (Phi) is 3.29. The van der Waals surface area contributed by atoms with Gasteiger partial charge in [0.1, 0.15) is 11.5 Å². The summed E-state index contributed by atoms with van der Waals surface area (Å²) in [4.78, 5) is 11.3. The van der Waals surface area contributed by atoms with Crippen LogP contribution in [0, 0.1) is 0 Å². The van der Waals surface area contributed by atoms with E-state index in [1.165, 1.54) is 0 Å². The molecule has 0 spiro atoms. The molecule has 0 atom stereocenters. The summed E-state index contributed by atoms with van der Waals surface area (Å²) >= 11 is 0. The van der Waals surface area contributed by atoms with Gasteiger partial charge in [0.15, 0.2) is 6.61 Å². The molecule has 2 aromatic rings. The maximum absolute atomic E-state index is 11.3. The van der Waals surface area contributed by atoms with Crippen molar-refractivity contribution in [2.45, 2.75) is 6.92 Å². The largest absolute Gasteiger partial charge is 0.494 e. The summed E-state index contributed by atoms with van der Waals surface area (Å²) in [7, 11) is 0. The molecule has 0 aliphatic carbocycles. The van der Waals surface area contributed by atoms with Crippen LogP contribution in [0.25, 0.3) is 11.1 Å². The minimum Gasteiger partial charge on any atom is -0.494 e. The summed E-state index contributed by atoms with van der Waals surface area (Å²) in [6.07, 6.45) is 0. The molecule has 1 heterocycles. The second-order valence-electron chi connectivity index (χ2n) is 4.51. The molecule has 1 aliphatic rings. The molecule has 0 aromatic heterocycles. The molecular formula is C16H15NO3. The van der Waals surface area contributed by atoms with Crippen LogP contribution in [0.2, 0.25) is 0 Å². The Morgan fingerprint density at radius 2 is 1.90 bits per heavy atom. The van der Waals surface area contributed by atoms with E-state index in [1.54, 1.807) is 0 Å². The normalized spacial score (nSPS) is 13.2. The van der Waals surface area contributed by atoms with Gasteiger partial charge in [-0.05, 0) is 42.3 Å². The van der Waals surface area contributed by atoms with Crippen molar-refractivity contribution in [1.29, 1.82) is 0 Å². The minimum absolute atomic E-state index is 0.0788. The predicted molar refractivity (Wildman–Crippen MR) is 77.2 cm³/mol. The zero-order valence-corrected chi connectivity index (χ0v) is 11.2. The average molecular weight is 269 g/mol. The number of rotatable bonds is 3. The van der Waals surface area contributed by atoms with Gasteiger partial charge in [-0.3, -0.25) is 4.79 Å². The van der Waals surface area contributed by atoms with Crippen molar-refractivity contribution in [3.63, 3.8) is 0 Å². The number of ether oxygens (including phenoxy) is 2. The van der Waals surface area contributed by atoms with Crippen molar-refractivity contribution >= 4 is 11.6 Å². The predicted octanol–water partition coefficient (Wildman–Crippen LogP) is 3.08. The Hall–Kier alpha value is -2.49. The highest BCUT2D eigenvalue weighted by molar-refractivity contribution is 5.96. The number of hydrogen-bond donors (Lipinski definition) is 1. The molecule has 2 aromatic carbocycles. The standard InChI is InChI=1S/C16H15NO3/c1-2-19-13-6-3-11(4-7-13)12-5-8-15-14(9-12)17-16(18)10-20-15/h3-9H,2,10H2,1H3,(H,17,18). The quantitative estimate of drug-likeness (QED) is 0.931. The van der Waals surface area contributed by atoms with Crippen molar-refractivity contribution in [2.24, 2.45) is 0 Å². The van der Waals surface area contributed by atoms with E-state index < -0.39 is 0 Å². The van der Waals surface area contributed by atoms with Gasteiger partial charge in [-0.15, -0.1) is 0 Å². The van der Waals surface area contributed by atoms with Crippen molar-refractivity contribution in [1.82, 2.24) is 0 Å². The van der Waals surface area contributed by atoms with Crippen LogP contribution in [0.5, 0.6) is 11.5 Å². The maximum atomic E-state index is 11.3. The summed E-state index contributed by atoms with van der Waals surface area (Å²) in [6.45, 7) is 2.69. The fraction of sp³-hybridized carbons (Fsp3) is 0.188. The van der Waals surface area contributed by atoms with Gasteiger partial charge in [0.25, 0.3) is 5.91 Å². The Morgan fingerprint density at radius 3 is 2.65 bits per heavy atom. The molecule has 0 saturated heterocycles. The maximum Gasteiger partial charge on any atom is 0.262 e. The minimum atomic E-state index is -0.124. The molecule has 0 radical (unpaired) electrons. The van der Waals surface area contributed by atoms with Crippen LogP contribution in [0.4, 0.5) is 5.69 Å². The molecule has 4 heteroatoms. The zero-order chi connectivity index (χ0) is 13.9. The van der Waals surface area contributed by atoms with Gasteiger partial charge >= 0.3 is 0 Å². The fourth-order valence-electron chi connectivity index (χ4n) is 2.17. The second-order valence-corrected chi connectivity index (χ2v) is 4.51. The number of amides is 1. The Bertz CT molecular complexity index is 635. The van der Waals surface area contributed by atoms with E-state index in [4.69, 9.17) is 9.47 Å². The third-order valence-corrected chi connectivity index (χ3v) is 3.11. The van der Waals surface area contributed by atoms with Crippen LogP contribution >= 0.6 is 0 Å². The molecule has 0 unspecified atom stereocenters. The zero-order valence-electron chi connectivity index (χ0n) is 11.2. The topological polar surface area (TPSA) is 47.6 Å². The average Bonchev–Trinajstić information content (AvgIpc) is 2.47. The van der Waals surface area contributed by atoms with E-state index in [9.17, 15) is 4.79 Å². The first-order chi connectivity index (χ1) is 9.76. The van der Waals surface area contributed by atoms with Crippen LogP contribution in [-0.2, 0) is 4.79 Å². The Labute approximate surface area is 117 Å². The number of hydrogen-bond acceptors (Lipinski definition) is 3. The molecule has 4 nitrogen and oxygen atoms in total. The molecule has 0 saturated carbocycles. The summed E-state index contributed by atoms with van der Waals surface area (Å²) in [5.41, 5.74) is 2.81. The number of nitrogens with one attached hydrogen (secondary N) is 1. The van der Waals surface area contributed by atoms with Crippen LogP contribution in [0.15, 0.2) is 42.5 Å². The van der Waals surface area contributed by atoms with E-state index >= 15 is 0 Å². The van der Waals surface area contributed by atoms with Crippen LogP contribution in [0.1, 0.15) is 6.92 Å². The third kappa shape index (κ3) is 2.45. The van der Waals surface area contributed by atoms with Gasteiger partial charge in [-0.2, -0.15) is 0 Å². The van der Waals surface area contributed by atoms with Crippen molar-refractivity contribution in [3.8, 4) is 22.6 Å². The fourth-order valence-corrected chi connectivity index (χ4v) is 2.17. The lowest BCUT2D eigenvalue weighted by molar-refractivity contribution is -0.118. The summed E-state index contributed by atoms with van der Waals surface area (Å²) in [6, 6.07) is 13.6. The van der Waals surface area contributed by atoms with Crippen molar-refractivity contribution in [2.75, 3.05) is 18.5 Å². The lowest BCUT2D eigenvalue weighted by Crippen LogP contribution is -2.25. The highest BCUT2D eigenvalue weighted by atomic mass is 16.5. The molecule has 1 aliphatic heterocycles. The number of carbonyl (C=O) groups is 1. The second kappa shape index (κ2) is 5.25. The molecular weight excluding hydrogens is 254 g/mol. The number of fused-ring (bicyclic) bond motifs is 1. The van der Waals surface area contributed by atoms with Gasteiger partial charge < -0.3 is 14.8 Å². The lowest BCUT2D eigenvalue weighted by Gasteiger charge is -2.18. The number of benzene rings is 2. The number of carbonyl (C=O) groups excluding carboxylic acids is 1. The summed E-state index contributed by atoms with van der Waals surface area (Å²) in [5, 5.41) is 2.81. The lowest BCUT2D eigenvalue weighted by atomic mass is 10.0. The van der Waals surface area contributed by atoms with Crippen LogP contribution < -0.4 is 14.8 Å². The first kappa shape index (κ1) is 12.5. The molecule has 0 fully saturated rings. The van der Waals surface area contributed by atoms with Crippen molar-refractivity contribution < 1.29 is 14.3 Å². The van der Waals surface area contributed by atoms with Crippen molar-refractivity contribution in [3.05, 3.63) is 42.5 Å². The van der Waals surface area contributed by atoms with Gasteiger partial charge in [0.2, 0.25) is 0 Å². The van der Waals surface area contributed by atoms with Gasteiger partial charge in [-0.1, -0.05) is 18.2 Å². The highest BCUT2D eigenvalue weighted by Gasteiger charge is 2.16. The molecule has 20 heavy (non-hydrogen) atoms. The summed E-state index contributed by atoms with van der Waals surface area (Å²) in [5.74, 6) is 1.44. The Morgan fingerprint density at radius 1 is 1.15 bits per heavy atom. The van der Waals surface area contributed by atoms with Gasteiger partial charge in [-0.25, -0.2) is 0 Å². The highest BCUT2D eigenvalue weighted by Crippen LogP contribution is 2.33. The Balaban J connectivity index is 1.90. The van der Waals surface area contributed by atoms with E-state index in [2.05, 4.69) is 5.32 Å². The van der Waals surface area contributed by atoms with Crippen LogP contribution in [0.3, 0.4) is 0 Å². The third-order valence-electron chi connectivity index (χ3n) is 3.11. The van der Waals surface area contributed by atoms with Gasteiger partial charge in [0.05, 0.1) is 12.3 Å². The molecule has 1 amide bonds. The molecule has 1 N–H and O–H groups in total. The first-order valence-electron chi connectivity index (χ1n) is 6.56. The van der Waals surface area contributed by atoms with E-state index in [1.807, 2.05) is 49.4 Å². The summed E-state index contributed by atoms with van der Waals surface area (Å²) < 4.78 is 10.8. The van der Waals surface area contributed by atoms with Crippen LogP contribution in [-0.4, -0.2) is 19.1 Å². The SMILES string of the molecule is CCOc1ccc(-c2ccc3c(c2)NC(=O)CO3)cc1. The number of anilines is 1. The first-order valence-corrected chi connectivity index (χ1v) is 6.56. The molecule has 0 bridgehead atoms. The molecule has 3 rings (SSSR count).